The number of hydrogen-bond donors (Lipinski definition) is 0. The topological polar surface area (TPSA) is 52.6 Å². The van der Waals surface area contributed by atoms with Crippen molar-refractivity contribution in [2.24, 2.45) is 11.3 Å². The Morgan fingerprint density at radius 3 is 2.52 bits per heavy atom. The number of esters is 2. The Kier molecular flexibility index (Phi) is 4.00. The van der Waals surface area contributed by atoms with Crippen LogP contribution in [0.4, 0.5) is 0 Å². The number of hydrogen-bond acceptors (Lipinski definition) is 4. The fourth-order valence-electron chi connectivity index (χ4n) is 4.22. The van der Waals surface area contributed by atoms with Crippen LogP contribution in [0.1, 0.15) is 35.4 Å². The van der Waals surface area contributed by atoms with Crippen molar-refractivity contribution < 1.29 is 19.1 Å². The van der Waals surface area contributed by atoms with Gasteiger partial charge in [0.25, 0.3) is 0 Å². The third kappa shape index (κ3) is 2.28. The van der Waals surface area contributed by atoms with Gasteiger partial charge in [0, 0.05) is 5.92 Å². The van der Waals surface area contributed by atoms with Crippen molar-refractivity contribution >= 4 is 11.9 Å². The van der Waals surface area contributed by atoms with E-state index < -0.39 is 17.4 Å². The van der Waals surface area contributed by atoms with Gasteiger partial charge in [0.15, 0.2) is 5.41 Å². The van der Waals surface area contributed by atoms with Crippen molar-refractivity contribution in [2.75, 3.05) is 14.2 Å². The van der Waals surface area contributed by atoms with Crippen LogP contribution in [0.2, 0.25) is 0 Å². The number of rotatable bonds is 2. The summed E-state index contributed by atoms with van der Waals surface area (Å²) in [5.74, 6) is -1.05. The Hall–Kier alpha value is -2.10. The summed E-state index contributed by atoms with van der Waals surface area (Å²) in [6.45, 7) is 2.06. The molecule has 0 aromatic heterocycles. The van der Waals surface area contributed by atoms with Gasteiger partial charge >= 0.3 is 11.9 Å². The van der Waals surface area contributed by atoms with Crippen LogP contribution in [-0.2, 0) is 25.5 Å². The van der Waals surface area contributed by atoms with Crippen LogP contribution in [0.25, 0.3) is 0 Å². The summed E-state index contributed by atoms with van der Waals surface area (Å²) < 4.78 is 10.1. The number of carbonyl (C=O) groups is 2. The van der Waals surface area contributed by atoms with E-state index in [0.29, 0.717) is 6.42 Å². The summed E-state index contributed by atoms with van der Waals surface area (Å²) in [5, 5.41) is 0. The molecule has 4 heteroatoms. The highest BCUT2D eigenvalue weighted by atomic mass is 16.5. The van der Waals surface area contributed by atoms with E-state index in [1.807, 2.05) is 12.1 Å². The van der Waals surface area contributed by atoms with Gasteiger partial charge in [-0.15, -0.1) is 0 Å². The lowest BCUT2D eigenvalue weighted by Crippen LogP contribution is -2.53. The molecular formula is C19H22O4. The molecule has 0 fully saturated rings. The quantitative estimate of drug-likeness (QED) is 0.478. The molecule has 2 aliphatic carbocycles. The predicted octanol–water partition coefficient (Wildman–Crippen LogP) is 2.93. The van der Waals surface area contributed by atoms with E-state index in [4.69, 9.17) is 9.47 Å². The molecule has 0 aliphatic heterocycles. The van der Waals surface area contributed by atoms with Crippen LogP contribution >= 0.6 is 0 Å². The van der Waals surface area contributed by atoms with Gasteiger partial charge in [0.2, 0.25) is 0 Å². The van der Waals surface area contributed by atoms with Crippen molar-refractivity contribution in [3.05, 3.63) is 47.0 Å². The van der Waals surface area contributed by atoms with Gasteiger partial charge in [-0.2, -0.15) is 0 Å². The second-order valence-corrected chi connectivity index (χ2v) is 6.47. The molecule has 0 saturated heterocycles. The average molecular weight is 314 g/mol. The van der Waals surface area contributed by atoms with Crippen LogP contribution in [0.3, 0.4) is 0 Å². The summed E-state index contributed by atoms with van der Waals surface area (Å²) in [5.41, 5.74) is 2.18. The van der Waals surface area contributed by atoms with Gasteiger partial charge in [-0.25, -0.2) is 0 Å². The molecule has 4 nitrogen and oxygen atoms in total. The molecular weight excluding hydrogens is 292 g/mol. The summed E-state index contributed by atoms with van der Waals surface area (Å²) in [4.78, 5) is 25.3. The number of fused-ring (bicyclic) bond motifs is 3. The summed E-state index contributed by atoms with van der Waals surface area (Å²) >= 11 is 0. The highest BCUT2D eigenvalue weighted by molar-refractivity contribution is 6.01. The fourth-order valence-corrected chi connectivity index (χ4v) is 4.22. The van der Waals surface area contributed by atoms with Gasteiger partial charge in [-0.1, -0.05) is 35.9 Å². The smallest absolute Gasteiger partial charge is 0.323 e. The first-order chi connectivity index (χ1) is 11.0. The third-order valence-electron chi connectivity index (χ3n) is 5.28. The lowest BCUT2D eigenvalue weighted by atomic mass is 9.57. The maximum Gasteiger partial charge on any atom is 0.323 e. The molecule has 1 aromatic rings. The first-order valence-electron chi connectivity index (χ1n) is 7.97. The highest BCUT2D eigenvalue weighted by Gasteiger charge is 2.59. The van der Waals surface area contributed by atoms with Crippen LogP contribution in [-0.4, -0.2) is 26.2 Å². The fraction of sp³-hybridized carbons (Fsp3) is 0.474. The van der Waals surface area contributed by atoms with E-state index in [1.165, 1.54) is 25.3 Å². The number of methoxy groups -OCH3 is 2. The number of carbonyl (C=O) groups excluding carboxylic acids is 2. The van der Waals surface area contributed by atoms with Crippen molar-refractivity contribution in [2.45, 2.75) is 32.1 Å². The first kappa shape index (κ1) is 15.8. The third-order valence-corrected chi connectivity index (χ3v) is 5.28. The summed E-state index contributed by atoms with van der Waals surface area (Å²) in [6, 6.07) is 6.20. The van der Waals surface area contributed by atoms with E-state index in [0.717, 1.165) is 18.4 Å². The number of aryl methyl sites for hydroxylation is 1. The van der Waals surface area contributed by atoms with Gasteiger partial charge in [0.1, 0.15) is 0 Å². The van der Waals surface area contributed by atoms with E-state index in [9.17, 15) is 9.59 Å². The van der Waals surface area contributed by atoms with Gasteiger partial charge in [-0.05, 0) is 43.2 Å². The minimum Gasteiger partial charge on any atom is -0.468 e. The highest BCUT2D eigenvalue weighted by Crippen LogP contribution is 2.52. The monoisotopic (exact) mass is 314 g/mol. The molecule has 3 rings (SSSR count). The molecule has 0 unspecified atom stereocenters. The molecule has 0 spiro atoms. The predicted molar refractivity (Wildman–Crippen MR) is 86.0 cm³/mol. The molecule has 23 heavy (non-hydrogen) atoms. The Labute approximate surface area is 136 Å². The van der Waals surface area contributed by atoms with E-state index in [1.54, 1.807) is 0 Å². The zero-order valence-electron chi connectivity index (χ0n) is 13.8. The molecule has 0 bridgehead atoms. The SMILES string of the molecule is COC(=O)C1(C(=O)OC)Cc2ccc(C)cc2[C@H]2C=CCC[C@H]21. The molecule has 0 heterocycles. The molecule has 122 valence electrons. The van der Waals surface area contributed by atoms with E-state index in [2.05, 4.69) is 25.1 Å². The van der Waals surface area contributed by atoms with Crippen molar-refractivity contribution in [1.82, 2.24) is 0 Å². The van der Waals surface area contributed by atoms with Crippen LogP contribution in [0.15, 0.2) is 30.4 Å². The average Bonchev–Trinajstić information content (AvgIpc) is 2.59. The zero-order valence-corrected chi connectivity index (χ0v) is 13.8. The maximum absolute atomic E-state index is 12.7. The largest absolute Gasteiger partial charge is 0.468 e. The minimum atomic E-state index is -1.25. The lowest BCUT2D eigenvalue weighted by Gasteiger charge is -2.45. The minimum absolute atomic E-state index is 0.0469. The normalized spacial score (nSPS) is 24.3. The number of ether oxygens (including phenoxy) is 2. The Balaban J connectivity index is 2.22. The second kappa shape index (κ2) is 5.84. The standard InChI is InChI=1S/C19H22O4/c1-12-8-9-13-11-19(17(20)22-2,18(21)23-3)16-7-5-4-6-14(16)15(13)10-12/h4,6,8-10,14,16H,5,7,11H2,1-3H3/t14-,16-/m1/s1. The number of allylic oxidation sites excluding steroid dienone is 2. The lowest BCUT2D eigenvalue weighted by molar-refractivity contribution is -0.175. The zero-order chi connectivity index (χ0) is 16.6. The molecule has 0 N–H and O–H groups in total. The van der Waals surface area contributed by atoms with Crippen LogP contribution in [0, 0.1) is 18.3 Å². The number of benzene rings is 1. The van der Waals surface area contributed by atoms with Gasteiger partial charge in [0.05, 0.1) is 14.2 Å². The van der Waals surface area contributed by atoms with Crippen molar-refractivity contribution in [3.8, 4) is 0 Å². The van der Waals surface area contributed by atoms with Crippen LogP contribution < -0.4 is 0 Å². The molecule has 2 aliphatic rings. The van der Waals surface area contributed by atoms with Gasteiger partial charge < -0.3 is 9.47 Å². The second-order valence-electron chi connectivity index (χ2n) is 6.47. The Bertz CT molecular complexity index is 658. The summed E-state index contributed by atoms with van der Waals surface area (Å²) in [6.07, 6.45) is 6.25. The maximum atomic E-state index is 12.7. The van der Waals surface area contributed by atoms with Gasteiger partial charge in [-0.3, -0.25) is 9.59 Å². The molecule has 2 atom stereocenters. The van der Waals surface area contributed by atoms with Crippen LogP contribution in [0.5, 0.6) is 0 Å². The van der Waals surface area contributed by atoms with Crippen molar-refractivity contribution in [3.63, 3.8) is 0 Å². The summed E-state index contributed by atoms with van der Waals surface area (Å²) in [7, 11) is 2.68. The van der Waals surface area contributed by atoms with Crippen molar-refractivity contribution in [1.29, 1.82) is 0 Å². The van der Waals surface area contributed by atoms with E-state index in [-0.39, 0.29) is 11.8 Å². The van der Waals surface area contributed by atoms with E-state index >= 15 is 0 Å². The Morgan fingerprint density at radius 1 is 1.17 bits per heavy atom. The Morgan fingerprint density at radius 2 is 1.87 bits per heavy atom. The molecule has 1 aromatic carbocycles. The molecule has 0 saturated carbocycles. The molecule has 0 amide bonds. The molecule has 0 radical (unpaired) electrons. The first-order valence-corrected chi connectivity index (χ1v) is 7.97.